The Hall–Kier alpha value is -2.37. The average Bonchev–Trinajstić information content (AvgIpc) is 2.71. The van der Waals surface area contributed by atoms with Gasteiger partial charge in [0.15, 0.2) is 0 Å². The van der Waals surface area contributed by atoms with E-state index in [0.29, 0.717) is 0 Å². The van der Waals surface area contributed by atoms with Crippen molar-refractivity contribution in [3.63, 3.8) is 0 Å². The van der Waals surface area contributed by atoms with Gasteiger partial charge in [0.1, 0.15) is 0 Å². The Kier molecular flexibility index (Phi) is 12.5. The third kappa shape index (κ3) is 9.90. The van der Waals surface area contributed by atoms with Gasteiger partial charge in [-0.15, -0.1) is 0 Å². The van der Waals surface area contributed by atoms with Crippen molar-refractivity contribution in [1.29, 1.82) is 0 Å². The summed E-state index contributed by atoms with van der Waals surface area (Å²) in [6.45, 7) is 4.34. The normalized spacial score (nSPS) is 11.8. The van der Waals surface area contributed by atoms with Gasteiger partial charge in [-0.1, -0.05) is 78.1 Å². The van der Waals surface area contributed by atoms with Crippen LogP contribution in [0.25, 0.3) is 0 Å². The number of carbonyl (C=O) groups is 3. The number of hydrogen-bond acceptors (Lipinski definition) is 3. The molecule has 1 aromatic rings. The minimum absolute atomic E-state index is 0.144. The Morgan fingerprint density at radius 2 is 1.17 bits per heavy atom. The molecule has 3 N–H and O–H groups in total. The zero-order chi connectivity index (χ0) is 22.4. The van der Waals surface area contributed by atoms with Crippen LogP contribution in [0.5, 0.6) is 0 Å². The first-order chi connectivity index (χ1) is 14.4. The molecule has 1 aromatic carbocycles. The van der Waals surface area contributed by atoms with Gasteiger partial charge in [-0.05, 0) is 31.0 Å². The number of aromatic carboxylic acids is 2. The highest BCUT2D eigenvalue weighted by molar-refractivity contribution is 5.99. The van der Waals surface area contributed by atoms with Crippen molar-refractivity contribution < 1.29 is 24.6 Å². The molecule has 6 heteroatoms. The fourth-order valence-electron chi connectivity index (χ4n) is 3.59. The van der Waals surface area contributed by atoms with E-state index in [9.17, 15) is 24.6 Å². The molecule has 0 fully saturated rings. The van der Waals surface area contributed by atoms with Gasteiger partial charge >= 0.3 is 11.9 Å². The maximum atomic E-state index is 12.9. The van der Waals surface area contributed by atoms with Crippen molar-refractivity contribution in [3.05, 3.63) is 29.3 Å². The van der Waals surface area contributed by atoms with E-state index in [2.05, 4.69) is 19.2 Å². The molecule has 30 heavy (non-hydrogen) atoms. The minimum Gasteiger partial charge on any atom is -0.478 e. The van der Waals surface area contributed by atoms with Crippen LogP contribution in [0.4, 0.5) is 5.69 Å². The molecule has 1 rings (SSSR count). The van der Waals surface area contributed by atoms with Crippen LogP contribution in [0.3, 0.4) is 0 Å². The smallest absolute Gasteiger partial charge is 0.335 e. The molecule has 0 spiro atoms. The second kappa shape index (κ2) is 14.6. The zero-order valence-corrected chi connectivity index (χ0v) is 18.4. The fourth-order valence-corrected chi connectivity index (χ4v) is 3.59. The summed E-state index contributed by atoms with van der Waals surface area (Å²) in [5.41, 5.74) is -0.0833. The highest BCUT2D eigenvalue weighted by Gasteiger charge is 2.19. The van der Waals surface area contributed by atoms with E-state index in [4.69, 9.17) is 0 Å². The highest BCUT2D eigenvalue weighted by atomic mass is 16.4. The molecule has 168 valence electrons. The maximum Gasteiger partial charge on any atom is 0.335 e. The maximum absolute atomic E-state index is 12.9. The van der Waals surface area contributed by atoms with E-state index < -0.39 is 11.9 Å². The molecule has 0 heterocycles. The lowest BCUT2D eigenvalue weighted by Gasteiger charge is -2.17. The zero-order valence-electron chi connectivity index (χ0n) is 18.4. The Labute approximate surface area is 180 Å². The first-order valence-electron chi connectivity index (χ1n) is 11.3. The van der Waals surface area contributed by atoms with Crippen molar-refractivity contribution in [3.8, 4) is 0 Å². The van der Waals surface area contributed by atoms with E-state index in [-0.39, 0.29) is 28.6 Å². The minimum atomic E-state index is -1.23. The van der Waals surface area contributed by atoms with Crippen LogP contribution in [0.2, 0.25) is 0 Å². The fraction of sp³-hybridized carbons (Fsp3) is 0.625. The van der Waals surface area contributed by atoms with Gasteiger partial charge in [-0.2, -0.15) is 0 Å². The van der Waals surface area contributed by atoms with E-state index in [1.165, 1.54) is 37.8 Å². The number of anilines is 1. The van der Waals surface area contributed by atoms with E-state index >= 15 is 0 Å². The molecule has 0 radical (unpaired) electrons. The number of hydrogen-bond donors (Lipinski definition) is 3. The lowest BCUT2D eigenvalue weighted by molar-refractivity contribution is -0.120. The molecule has 0 saturated carbocycles. The number of carboxylic acids is 2. The van der Waals surface area contributed by atoms with Crippen molar-refractivity contribution in [2.24, 2.45) is 5.92 Å². The highest BCUT2D eigenvalue weighted by Crippen LogP contribution is 2.22. The Morgan fingerprint density at radius 3 is 1.63 bits per heavy atom. The second-order valence-electron chi connectivity index (χ2n) is 8.00. The Balaban J connectivity index is 2.78. The summed E-state index contributed by atoms with van der Waals surface area (Å²) in [5.74, 6) is -2.75. The molecule has 6 nitrogen and oxygen atoms in total. The van der Waals surface area contributed by atoms with Crippen LogP contribution in [-0.4, -0.2) is 28.1 Å². The predicted molar refractivity (Wildman–Crippen MR) is 119 cm³/mol. The number of rotatable bonds is 16. The van der Waals surface area contributed by atoms with Gasteiger partial charge in [0, 0.05) is 11.6 Å². The number of benzene rings is 1. The third-order valence-corrected chi connectivity index (χ3v) is 5.38. The first kappa shape index (κ1) is 25.7. The third-order valence-electron chi connectivity index (χ3n) is 5.38. The summed E-state index contributed by atoms with van der Waals surface area (Å²) in [7, 11) is 0. The second-order valence-corrected chi connectivity index (χ2v) is 8.00. The predicted octanol–water partition coefficient (Wildman–Crippen LogP) is 6.36. The molecule has 1 unspecified atom stereocenters. The van der Waals surface area contributed by atoms with Gasteiger partial charge in [-0.25, -0.2) is 9.59 Å². The quantitative estimate of drug-likeness (QED) is 0.270. The number of nitrogens with one attached hydrogen (secondary N) is 1. The Morgan fingerprint density at radius 1 is 0.733 bits per heavy atom. The lowest BCUT2D eigenvalue weighted by atomic mass is 9.93. The van der Waals surface area contributed by atoms with Crippen molar-refractivity contribution >= 4 is 23.5 Å². The summed E-state index contributed by atoms with van der Waals surface area (Å²) in [6, 6.07) is 3.72. The monoisotopic (exact) mass is 419 g/mol. The summed E-state index contributed by atoms with van der Waals surface area (Å²) < 4.78 is 0. The topological polar surface area (TPSA) is 104 Å². The molecule has 0 aliphatic rings. The molecule has 0 bridgehead atoms. The largest absolute Gasteiger partial charge is 0.478 e. The number of carbonyl (C=O) groups excluding carboxylic acids is 1. The summed E-state index contributed by atoms with van der Waals surface area (Å²) >= 11 is 0. The molecule has 0 aromatic heterocycles. The van der Waals surface area contributed by atoms with Gasteiger partial charge in [0.2, 0.25) is 5.91 Å². The van der Waals surface area contributed by atoms with Crippen molar-refractivity contribution in [2.45, 2.75) is 90.9 Å². The van der Waals surface area contributed by atoms with Gasteiger partial charge < -0.3 is 15.5 Å². The van der Waals surface area contributed by atoms with Crippen LogP contribution in [0.1, 0.15) is 112 Å². The number of unbranched alkanes of at least 4 members (excludes halogenated alkanes) is 8. The van der Waals surface area contributed by atoms with E-state index in [1.807, 2.05) is 0 Å². The van der Waals surface area contributed by atoms with Crippen LogP contribution < -0.4 is 5.32 Å². The standard InChI is InChI=1S/C24H37NO5/c1-3-5-7-9-10-12-14-18(13-11-8-6-4-2)22(26)25-21-16-19(23(27)28)15-20(17-21)24(29)30/h15-18H,3-14H2,1-2H3,(H,25,26)(H,27,28)(H,29,30). The molecule has 0 saturated heterocycles. The average molecular weight is 420 g/mol. The van der Waals surface area contributed by atoms with Crippen molar-refractivity contribution in [2.75, 3.05) is 5.32 Å². The van der Waals surface area contributed by atoms with Crippen LogP contribution in [0, 0.1) is 5.92 Å². The molecular formula is C24H37NO5. The first-order valence-corrected chi connectivity index (χ1v) is 11.3. The van der Waals surface area contributed by atoms with Gasteiger partial charge in [0.05, 0.1) is 11.1 Å². The van der Waals surface area contributed by atoms with E-state index in [1.54, 1.807) is 0 Å². The lowest BCUT2D eigenvalue weighted by Crippen LogP contribution is -2.23. The number of carboxylic acid groups (broad SMARTS) is 2. The molecule has 0 aliphatic heterocycles. The summed E-state index contributed by atoms with van der Waals surface area (Å²) in [4.78, 5) is 35.5. The van der Waals surface area contributed by atoms with Crippen molar-refractivity contribution in [1.82, 2.24) is 0 Å². The molecule has 1 amide bonds. The molecule has 1 atom stereocenters. The number of amides is 1. The van der Waals surface area contributed by atoms with Gasteiger partial charge in [-0.3, -0.25) is 4.79 Å². The van der Waals surface area contributed by atoms with E-state index in [0.717, 1.165) is 57.4 Å². The van der Waals surface area contributed by atoms with Crippen LogP contribution in [0.15, 0.2) is 18.2 Å². The van der Waals surface area contributed by atoms with Crippen LogP contribution in [-0.2, 0) is 4.79 Å². The SMILES string of the molecule is CCCCCCCCC(CCCCCC)C(=O)Nc1cc(C(=O)O)cc(C(=O)O)c1. The van der Waals surface area contributed by atoms with Gasteiger partial charge in [0.25, 0.3) is 0 Å². The summed E-state index contributed by atoms with van der Waals surface area (Å²) in [5, 5.41) is 21.2. The Bertz CT molecular complexity index is 654. The molecular weight excluding hydrogens is 382 g/mol. The summed E-state index contributed by atoms with van der Waals surface area (Å²) in [6.07, 6.45) is 12.9. The molecule has 0 aliphatic carbocycles. The van der Waals surface area contributed by atoms with Crippen LogP contribution >= 0.6 is 0 Å².